The summed E-state index contributed by atoms with van der Waals surface area (Å²) in [6, 6.07) is 0. The fourth-order valence-electron chi connectivity index (χ4n) is 11.5. The van der Waals surface area contributed by atoms with E-state index in [9.17, 15) is 19.0 Å². The van der Waals surface area contributed by atoms with Crippen LogP contribution in [-0.2, 0) is 32.7 Å². The van der Waals surface area contributed by atoms with Crippen LogP contribution in [0.3, 0.4) is 0 Å². The van der Waals surface area contributed by atoms with E-state index in [0.29, 0.717) is 17.4 Å². The SMILES string of the molecule is CC/C=C\C/C=C\C/C=C\C/C=C\C/C=C\C/C=C\C/C=C\C/C=C\C/C=C\CCCCCC(=O)OC(COC(=O)CCCCCCCCCCCCCCCCCCCCCCCCCCCCCCCCCCCCCCCCCC)COP(=O)(O)OCC[N+](C)(C)C. The molecular formula is C85H153NO8P+. The van der Waals surface area contributed by atoms with Crippen molar-refractivity contribution in [1.82, 2.24) is 0 Å². The summed E-state index contributed by atoms with van der Waals surface area (Å²) >= 11 is 0. The molecule has 10 heteroatoms. The highest BCUT2D eigenvalue weighted by molar-refractivity contribution is 7.47. The maximum atomic E-state index is 12.9. The first-order valence-corrected chi connectivity index (χ1v) is 41.6. The Balaban J connectivity index is 3.99. The average molecular weight is 1350 g/mol. The van der Waals surface area contributed by atoms with Crippen LogP contribution in [0.5, 0.6) is 0 Å². The highest BCUT2D eigenvalue weighted by Gasteiger charge is 2.27. The van der Waals surface area contributed by atoms with Crippen LogP contribution >= 0.6 is 7.82 Å². The van der Waals surface area contributed by atoms with Crippen molar-refractivity contribution in [1.29, 1.82) is 0 Å². The Hall–Kier alpha value is -3.33. The first-order chi connectivity index (χ1) is 46.5. The van der Waals surface area contributed by atoms with E-state index in [2.05, 4.69) is 123 Å². The van der Waals surface area contributed by atoms with Gasteiger partial charge in [-0.05, 0) is 83.5 Å². The summed E-state index contributed by atoms with van der Waals surface area (Å²) in [6.07, 6.45) is 107. The predicted molar refractivity (Wildman–Crippen MR) is 413 cm³/mol. The van der Waals surface area contributed by atoms with Crippen molar-refractivity contribution in [2.24, 2.45) is 0 Å². The summed E-state index contributed by atoms with van der Waals surface area (Å²) in [5.74, 6) is -0.829. The zero-order valence-corrected chi connectivity index (χ0v) is 63.8. The second kappa shape index (κ2) is 74.9. The van der Waals surface area contributed by atoms with Gasteiger partial charge in [0.2, 0.25) is 0 Å². The Morgan fingerprint density at radius 2 is 0.600 bits per heavy atom. The molecule has 0 aliphatic carbocycles. The molecule has 0 rings (SSSR count). The van der Waals surface area contributed by atoms with Gasteiger partial charge in [0, 0.05) is 12.8 Å². The lowest BCUT2D eigenvalue weighted by Gasteiger charge is -2.24. The second-order valence-corrected chi connectivity index (χ2v) is 29.5. The van der Waals surface area contributed by atoms with Gasteiger partial charge in [-0.2, -0.15) is 0 Å². The van der Waals surface area contributed by atoms with Gasteiger partial charge in [0.25, 0.3) is 0 Å². The van der Waals surface area contributed by atoms with Crippen molar-refractivity contribution in [3.05, 3.63) is 109 Å². The number of quaternary nitrogens is 1. The molecule has 9 nitrogen and oxygen atoms in total. The molecule has 0 aliphatic rings. The fourth-order valence-corrected chi connectivity index (χ4v) is 12.2. The van der Waals surface area contributed by atoms with E-state index in [-0.39, 0.29) is 32.0 Å². The molecule has 0 amide bonds. The maximum Gasteiger partial charge on any atom is 0.472 e. The Morgan fingerprint density at radius 1 is 0.337 bits per heavy atom. The van der Waals surface area contributed by atoms with Crippen LogP contribution in [0.25, 0.3) is 0 Å². The molecule has 0 aromatic heterocycles. The first-order valence-electron chi connectivity index (χ1n) is 40.1. The molecule has 0 radical (unpaired) electrons. The number of carbonyl (C=O) groups excluding carboxylic acids is 2. The van der Waals surface area contributed by atoms with Gasteiger partial charge in [-0.15, -0.1) is 0 Å². The number of phosphoric ester groups is 1. The Kier molecular flexibility index (Phi) is 72.3. The van der Waals surface area contributed by atoms with Gasteiger partial charge >= 0.3 is 19.8 Å². The van der Waals surface area contributed by atoms with E-state index in [0.717, 1.165) is 96.3 Å². The van der Waals surface area contributed by atoms with Crippen LogP contribution < -0.4 is 0 Å². The number of nitrogens with zero attached hydrogens (tertiary/aromatic N) is 1. The van der Waals surface area contributed by atoms with Crippen molar-refractivity contribution >= 4 is 19.8 Å². The summed E-state index contributed by atoms with van der Waals surface area (Å²) in [6.45, 7) is 4.32. The zero-order valence-electron chi connectivity index (χ0n) is 62.9. The summed E-state index contributed by atoms with van der Waals surface area (Å²) in [4.78, 5) is 35.9. The molecule has 1 N–H and O–H groups in total. The number of allylic oxidation sites excluding steroid dienone is 18. The topological polar surface area (TPSA) is 108 Å². The van der Waals surface area contributed by atoms with Crippen molar-refractivity contribution < 1.29 is 42.1 Å². The molecule has 0 saturated carbocycles. The van der Waals surface area contributed by atoms with Gasteiger partial charge in [0.1, 0.15) is 19.8 Å². The van der Waals surface area contributed by atoms with Gasteiger partial charge in [0.15, 0.2) is 6.10 Å². The lowest BCUT2D eigenvalue weighted by atomic mass is 10.0. The molecule has 0 fully saturated rings. The molecule has 0 heterocycles. The summed E-state index contributed by atoms with van der Waals surface area (Å²) < 4.78 is 34.7. The van der Waals surface area contributed by atoms with Crippen LogP contribution in [-0.4, -0.2) is 74.9 Å². The minimum Gasteiger partial charge on any atom is -0.462 e. The van der Waals surface area contributed by atoms with E-state index in [1.165, 1.54) is 238 Å². The number of likely N-dealkylation sites (N-methyl/N-ethyl adjacent to an activating group) is 1. The third kappa shape index (κ3) is 79.5. The van der Waals surface area contributed by atoms with Crippen LogP contribution in [0.1, 0.15) is 367 Å². The number of rotatable bonds is 74. The molecule has 0 aromatic carbocycles. The number of ether oxygens (including phenoxy) is 2. The smallest absolute Gasteiger partial charge is 0.462 e. The first kappa shape index (κ1) is 91.7. The Labute approximate surface area is 588 Å². The normalized spacial score (nSPS) is 13.6. The van der Waals surface area contributed by atoms with Crippen molar-refractivity contribution in [3.8, 4) is 0 Å². The highest BCUT2D eigenvalue weighted by atomic mass is 31.2. The average Bonchev–Trinajstić information content (AvgIpc) is 2.29. The number of phosphoric acid groups is 1. The summed E-state index contributed by atoms with van der Waals surface area (Å²) in [5.41, 5.74) is 0. The lowest BCUT2D eigenvalue weighted by molar-refractivity contribution is -0.870. The zero-order chi connectivity index (χ0) is 69.0. The van der Waals surface area contributed by atoms with Gasteiger partial charge in [0.05, 0.1) is 27.7 Å². The monoisotopic (exact) mass is 1350 g/mol. The molecule has 2 atom stereocenters. The van der Waals surface area contributed by atoms with Crippen molar-refractivity contribution in [2.75, 3.05) is 47.5 Å². The van der Waals surface area contributed by atoms with E-state index in [1.54, 1.807) is 0 Å². The fraction of sp³-hybridized carbons (Fsp3) is 0.765. The molecule has 0 bridgehead atoms. The van der Waals surface area contributed by atoms with Gasteiger partial charge in [-0.3, -0.25) is 18.6 Å². The number of carbonyl (C=O) groups is 2. The van der Waals surface area contributed by atoms with E-state index in [4.69, 9.17) is 18.5 Å². The van der Waals surface area contributed by atoms with Gasteiger partial charge < -0.3 is 18.9 Å². The quantitative estimate of drug-likeness (QED) is 0.0211. The van der Waals surface area contributed by atoms with E-state index in [1.807, 2.05) is 21.1 Å². The van der Waals surface area contributed by atoms with Crippen molar-refractivity contribution in [3.63, 3.8) is 0 Å². The van der Waals surface area contributed by atoms with Crippen LogP contribution in [0.4, 0.5) is 0 Å². The largest absolute Gasteiger partial charge is 0.472 e. The third-order valence-electron chi connectivity index (χ3n) is 17.6. The third-order valence-corrected chi connectivity index (χ3v) is 18.6. The molecule has 2 unspecified atom stereocenters. The molecule has 95 heavy (non-hydrogen) atoms. The van der Waals surface area contributed by atoms with Crippen LogP contribution in [0.15, 0.2) is 109 Å². The molecule has 0 saturated heterocycles. The van der Waals surface area contributed by atoms with Crippen LogP contribution in [0.2, 0.25) is 0 Å². The highest BCUT2D eigenvalue weighted by Crippen LogP contribution is 2.43. The standard InChI is InChI=1S/C85H152NO8P/c1-6-8-10-12-14-16-18-20-22-24-26-28-30-32-34-36-38-39-40-41-42-43-44-45-46-48-49-51-53-55-57-59-61-63-65-67-69-71-73-75-77-84(87)91-81-83(82-93-95(89,90)92-80-79-86(3,4)5)94-85(88)78-76-74-72-70-68-66-64-62-60-58-56-54-52-50-47-37-35-33-31-29-27-25-23-21-19-17-15-13-11-9-7-2/h9,11,15,17,21,23,27,29,33,35,47,50,54,56,60,62,66,68,83H,6-8,10,12-14,16,18-20,22,24-26,28,30-32,34,36-46,48-49,51-53,55,57-59,61,63-65,67,69-82H2,1-5H3/p+1/b11-9-,17-15-,23-21-,29-27-,35-33-,50-47-,56-54-,62-60-,68-66-. The molecule has 550 valence electrons. The van der Waals surface area contributed by atoms with Gasteiger partial charge in [-0.1, -0.05) is 380 Å². The van der Waals surface area contributed by atoms with E-state index >= 15 is 0 Å². The molecule has 0 aromatic rings. The predicted octanol–water partition coefficient (Wildman–Crippen LogP) is 26.8. The van der Waals surface area contributed by atoms with Crippen molar-refractivity contribution in [2.45, 2.75) is 373 Å². The maximum absolute atomic E-state index is 12.9. The Bertz CT molecular complexity index is 1970. The second-order valence-electron chi connectivity index (χ2n) is 28.1. The van der Waals surface area contributed by atoms with Crippen LogP contribution in [0, 0.1) is 0 Å². The lowest BCUT2D eigenvalue weighted by Crippen LogP contribution is -2.37. The van der Waals surface area contributed by atoms with Gasteiger partial charge in [-0.25, -0.2) is 4.57 Å². The molecule has 0 aliphatic heterocycles. The number of hydrogen-bond acceptors (Lipinski definition) is 7. The number of unbranched alkanes of at least 4 members (excludes halogenated alkanes) is 42. The summed E-state index contributed by atoms with van der Waals surface area (Å²) in [5, 5.41) is 0. The number of esters is 2. The number of hydrogen-bond donors (Lipinski definition) is 1. The summed E-state index contributed by atoms with van der Waals surface area (Å²) in [7, 11) is 1.45. The minimum absolute atomic E-state index is 0.0207. The Morgan fingerprint density at radius 3 is 0.895 bits per heavy atom. The molecule has 0 spiro atoms. The van der Waals surface area contributed by atoms with E-state index < -0.39 is 26.5 Å². The molecular weight excluding hydrogens is 1190 g/mol. The minimum atomic E-state index is -4.41.